The van der Waals surface area contributed by atoms with Gasteiger partial charge in [-0.3, -0.25) is 4.79 Å². The van der Waals surface area contributed by atoms with Crippen LogP contribution < -0.4 is 14.8 Å². The van der Waals surface area contributed by atoms with Gasteiger partial charge in [-0.05, 0) is 70.0 Å². The van der Waals surface area contributed by atoms with Crippen LogP contribution in [0.3, 0.4) is 0 Å². The lowest BCUT2D eigenvalue weighted by atomic mass is 10.1. The topological polar surface area (TPSA) is 94.2 Å². The fourth-order valence-corrected chi connectivity index (χ4v) is 5.58. The number of carbonyl (C=O) groups is 1. The number of ether oxygens (including phenoxy) is 3. The van der Waals surface area contributed by atoms with Gasteiger partial charge in [-0.2, -0.15) is 4.31 Å². The Hall–Kier alpha value is -2.62. The van der Waals surface area contributed by atoms with Crippen LogP contribution in [-0.2, 0) is 21.2 Å². The SMILES string of the molecule is CCOc1ccc(CCNC(=O)c2cccc(S(=O)(=O)N3C[C@@H](C)O[C@@H](C)C3)c2)cc1OCC. The molecular formula is C25H34N2O6S. The van der Waals surface area contributed by atoms with E-state index in [4.69, 9.17) is 14.2 Å². The van der Waals surface area contributed by atoms with E-state index in [2.05, 4.69) is 5.32 Å². The number of nitrogens with one attached hydrogen (secondary N) is 1. The van der Waals surface area contributed by atoms with E-state index in [0.717, 1.165) is 5.56 Å². The smallest absolute Gasteiger partial charge is 0.251 e. The van der Waals surface area contributed by atoms with E-state index in [1.54, 1.807) is 12.1 Å². The second-order valence-corrected chi connectivity index (χ2v) is 10.2. The molecule has 9 heteroatoms. The molecule has 2 aromatic rings. The molecular weight excluding hydrogens is 456 g/mol. The highest BCUT2D eigenvalue weighted by atomic mass is 32.2. The van der Waals surface area contributed by atoms with Gasteiger partial charge in [-0.15, -0.1) is 0 Å². The molecule has 2 atom stereocenters. The zero-order valence-corrected chi connectivity index (χ0v) is 21.1. The maximum absolute atomic E-state index is 13.1. The van der Waals surface area contributed by atoms with E-state index in [1.165, 1.54) is 16.4 Å². The first-order valence-electron chi connectivity index (χ1n) is 11.7. The Morgan fingerprint density at radius 2 is 1.71 bits per heavy atom. The zero-order chi connectivity index (χ0) is 24.7. The van der Waals surface area contributed by atoms with E-state index in [-0.39, 0.29) is 36.1 Å². The third kappa shape index (κ3) is 6.49. The third-order valence-corrected chi connectivity index (χ3v) is 7.25. The molecule has 1 heterocycles. The van der Waals surface area contributed by atoms with Crippen molar-refractivity contribution in [1.29, 1.82) is 0 Å². The summed E-state index contributed by atoms with van der Waals surface area (Å²) in [5, 5.41) is 2.87. The van der Waals surface area contributed by atoms with Crippen molar-refractivity contribution >= 4 is 15.9 Å². The van der Waals surface area contributed by atoms with Gasteiger partial charge in [0.2, 0.25) is 10.0 Å². The number of nitrogens with zero attached hydrogens (tertiary/aromatic N) is 1. The Morgan fingerprint density at radius 1 is 1.03 bits per heavy atom. The Bertz CT molecular complexity index is 1080. The highest BCUT2D eigenvalue weighted by molar-refractivity contribution is 7.89. The molecule has 1 aliphatic heterocycles. The van der Waals surface area contributed by atoms with Crippen LogP contribution in [0.25, 0.3) is 0 Å². The van der Waals surface area contributed by atoms with Gasteiger partial charge in [0.15, 0.2) is 11.5 Å². The van der Waals surface area contributed by atoms with Gasteiger partial charge in [-0.25, -0.2) is 8.42 Å². The molecule has 186 valence electrons. The van der Waals surface area contributed by atoms with Gasteiger partial charge in [0.25, 0.3) is 5.91 Å². The molecule has 1 saturated heterocycles. The summed E-state index contributed by atoms with van der Waals surface area (Å²) >= 11 is 0. The average molecular weight is 491 g/mol. The summed E-state index contributed by atoms with van der Waals surface area (Å²) in [5.41, 5.74) is 1.30. The monoisotopic (exact) mass is 490 g/mol. The van der Waals surface area contributed by atoms with Crippen molar-refractivity contribution in [3.63, 3.8) is 0 Å². The highest BCUT2D eigenvalue weighted by Crippen LogP contribution is 2.28. The molecule has 0 unspecified atom stereocenters. The summed E-state index contributed by atoms with van der Waals surface area (Å²) in [7, 11) is -3.72. The lowest BCUT2D eigenvalue weighted by Crippen LogP contribution is -2.48. The second-order valence-electron chi connectivity index (χ2n) is 8.26. The Morgan fingerprint density at radius 3 is 2.38 bits per heavy atom. The van der Waals surface area contributed by atoms with Gasteiger partial charge in [0, 0.05) is 25.2 Å². The van der Waals surface area contributed by atoms with Crippen molar-refractivity contribution in [2.75, 3.05) is 32.8 Å². The molecule has 0 bridgehead atoms. The van der Waals surface area contributed by atoms with Crippen molar-refractivity contribution in [2.24, 2.45) is 0 Å². The zero-order valence-electron chi connectivity index (χ0n) is 20.2. The van der Waals surface area contributed by atoms with Crippen molar-refractivity contribution in [3.05, 3.63) is 53.6 Å². The number of benzene rings is 2. The largest absolute Gasteiger partial charge is 0.490 e. The Labute approximate surface area is 202 Å². The first-order valence-corrected chi connectivity index (χ1v) is 13.1. The van der Waals surface area contributed by atoms with E-state index in [0.29, 0.717) is 43.2 Å². The lowest BCUT2D eigenvalue weighted by Gasteiger charge is -2.34. The van der Waals surface area contributed by atoms with Crippen molar-refractivity contribution in [2.45, 2.75) is 51.2 Å². The molecule has 0 radical (unpaired) electrons. The van der Waals surface area contributed by atoms with E-state index in [1.807, 2.05) is 45.9 Å². The van der Waals surface area contributed by atoms with E-state index >= 15 is 0 Å². The summed E-state index contributed by atoms with van der Waals surface area (Å²) in [6.45, 7) is 9.58. The molecule has 34 heavy (non-hydrogen) atoms. The van der Waals surface area contributed by atoms with Crippen molar-refractivity contribution < 1.29 is 27.4 Å². The van der Waals surface area contributed by atoms with Crippen LogP contribution in [-0.4, -0.2) is 63.7 Å². The number of rotatable bonds is 10. The Balaban J connectivity index is 1.64. The molecule has 8 nitrogen and oxygen atoms in total. The van der Waals surface area contributed by atoms with Crippen molar-refractivity contribution in [1.82, 2.24) is 9.62 Å². The minimum Gasteiger partial charge on any atom is -0.490 e. The van der Waals surface area contributed by atoms with Gasteiger partial charge >= 0.3 is 0 Å². The van der Waals surface area contributed by atoms with Crippen LogP contribution in [0.1, 0.15) is 43.6 Å². The summed E-state index contributed by atoms with van der Waals surface area (Å²) in [6, 6.07) is 11.9. The summed E-state index contributed by atoms with van der Waals surface area (Å²) in [5.74, 6) is 1.05. The first-order chi connectivity index (χ1) is 16.2. The van der Waals surface area contributed by atoms with Gasteiger partial charge in [0.05, 0.1) is 30.3 Å². The first kappa shape index (κ1) is 26.0. The molecule has 1 fully saturated rings. The molecule has 3 rings (SSSR count). The molecule has 0 saturated carbocycles. The van der Waals surface area contributed by atoms with Gasteiger partial charge in [0.1, 0.15) is 0 Å². The minimum absolute atomic E-state index is 0.106. The molecule has 2 aromatic carbocycles. The number of sulfonamides is 1. The number of amides is 1. The molecule has 1 aliphatic rings. The molecule has 1 N–H and O–H groups in total. The normalized spacial score (nSPS) is 18.9. The van der Waals surface area contributed by atoms with Gasteiger partial charge < -0.3 is 19.5 Å². The highest BCUT2D eigenvalue weighted by Gasteiger charge is 2.32. The molecule has 1 amide bonds. The maximum atomic E-state index is 13.1. The van der Waals surface area contributed by atoms with Crippen LogP contribution in [0.15, 0.2) is 47.4 Å². The lowest BCUT2D eigenvalue weighted by molar-refractivity contribution is -0.0440. The van der Waals surface area contributed by atoms with Crippen LogP contribution in [0.5, 0.6) is 11.5 Å². The third-order valence-electron chi connectivity index (χ3n) is 5.43. The van der Waals surface area contributed by atoms with E-state index < -0.39 is 10.0 Å². The number of carbonyl (C=O) groups excluding carboxylic acids is 1. The predicted molar refractivity (Wildman–Crippen MR) is 130 cm³/mol. The fourth-order valence-electron chi connectivity index (χ4n) is 3.95. The van der Waals surface area contributed by atoms with Crippen LogP contribution in [0.2, 0.25) is 0 Å². The molecule has 0 aliphatic carbocycles. The minimum atomic E-state index is -3.72. The van der Waals surface area contributed by atoms with Crippen molar-refractivity contribution in [3.8, 4) is 11.5 Å². The summed E-state index contributed by atoms with van der Waals surface area (Å²) in [4.78, 5) is 12.8. The average Bonchev–Trinajstić information content (AvgIpc) is 2.80. The number of morpholine rings is 1. The number of hydrogen-bond donors (Lipinski definition) is 1. The quantitative estimate of drug-likeness (QED) is 0.550. The Kier molecular flexibility index (Phi) is 8.93. The van der Waals surface area contributed by atoms with E-state index in [9.17, 15) is 13.2 Å². The number of hydrogen-bond acceptors (Lipinski definition) is 6. The van der Waals surface area contributed by atoms with Crippen LogP contribution >= 0.6 is 0 Å². The fraction of sp³-hybridized carbons (Fsp3) is 0.480. The summed E-state index contributed by atoms with van der Waals surface area (Å²) in [6.07, 6.45) is 0.228. The predicted octanol–water partition coefficient (Wildman–Crippen LogP) is 3.25. The van der Waals surface area contributed by atoms with Crippen LogP contribution in [0, 0.1) is 0 Å². The molecule has 0 spiro atoms. The van der Waals surface area contributed by atoms with Crippen LogP contribution in [0.4, 0.5) is 0 Å². The maximum Gasteiger partial charge on any atom is 0.251 e. The van der Waals surface area contributed by atoms with Gasteiger partial charge in [-0.1, -0.05) is 12.1 Å². The standard InChI is InChI=1S/C25H34N2O6S/c1-5-31-23-11-10-20(14-24(23)32-6-2)12-13-26-25(28)21-8-7-9-22(15-21)34(29,30)27-16-18(3)33-19(4)17-27/h7-11,14-15,18-19H,5-6,12-13,16-17H2,1-4H3,(H,26,28)/t18-,19+. The summed E-state index contributed by atoms with van der Waals surface area (Å²) < 4.78 is 44.6. The molecule has 0 aromatic heterocycles. The second kappa shape index (κ2) is 11.7.